The van der Waals surface area contributed by atoms with Crippen molar-refractivity contribution in [1.29, 1.82) is 0 Å². The third-order valence-electron chi connectivity index (χ3n) is 5.26. The van der Waals surface area contributed by atoms with Crippen molar-refractivity contribution in [2.75, 3.05) is 20.3 Å². The molecule has 0 spiro atoms. The Morgan fingerprint density at radius 1 is 1.21 bits per heavy atom. The number of ether oxygens (including phenoxy) is 3. The highest BCUT2D eigenvalue weighted by Crippen LogP contribution is 2.22. The van der Waals surface area contributed by atoms with E-state index in [1.807, 2.05) is 26.8 Å². The minimum atomic E-state index is -0.542. The SMILES string of the molecule is COc1cc(C(=O)OCC(=O)c2cc(C)n(C[C@H]3CCCO3)c2C)ccc1C. The fourth-order valence-corrected chi connectivity index (χ4v) is 3.60. The van der Waals surface area contributed by atoms with E-state index in [0.717, 1.165) is 42.9 Å². The molecule has 0 saturated carbocycles. The molecular formula is C22H27NO5. The number of hydrogen-bond acceptors (Lipinski definition) is 5. The molecule has 1 aromatic carbocycles. The Hall–Kier alpha value is -2.60. The van der Waals surface area contributed by atoms with E-state index in [4.69, 9.17) is 14.2 Å². The van der Waals surface area contributed by atoms with Crippen molar-refractivity contribution in [2.24, 2.45) is 0 Å². The first-order valence-corrected chi connectivity index (χ1v) is 9.54. The first kappa shape index (κ1) is 20.1. The number of rotatable bonds is 7. The molecule has 150 valence electrons. The van der Waals surface area contributed by atoms with Crippen molar-refractivity contribution in [3.05, 3.63) is 52.3 Å². The van der Waals surface area contributed by atoms with Gasteiger partial charge in [-0.3, -0.25) is 4.79 Å². The molecule has 1 fully saturated rings. The van der Waals surface area contributed by atoms with Gasteiger partial charge in [0.1, 0.15) is 5.75 Å². The van der Waals surface area contributed by atoms with Crippen LogP contribution in [0.5, 0.6) is 5.75 Å². The molecule has 1 aromatic heterocycles. The topological polar surface area (TPSA) is 66.8 Å². The zero-order valence-corrected chi connectivity index (χ0v) is 16.9. The Morgan fingerprint density at radius 2 is 2.00 bits per heavy atom. The summed E-state index contributed by atoms with van der Waals surface area (Å²) in [6, 6.07) is 6.93. The van der Waals surface area contributed by atoms with E-state index < -0.39 is 5.97 Å². The van der Waals surface area contributed by atoms with Gasteiger partial charge >= 0.3 is 5.97 Å². The van der Waals surface area contributed by atoms with Gasteiger partial charge in [-0.1, -0.05) is 6.07 Å². The number of hydrogen-bond donors (Lipinski definition) is 0. The van der Waals surface area contributed by atoms with Crippen LogP contribution < -0.4 is 4.74 Å². The van der Waals surface area contributed by atoms with Crippen molar-refractivity contribution in [1.82, 2.24) is 4.57 Å². The number of methoxy groups -OCH3 is 1. The van der Waals surface area contributed by atoms with Crippen molar-refractivity contribution < 1.29 is 23.8 Å². The van der Waals surface area contributed by atoms with Crippen molar-refractivity contribution in [2.45, 2.75) is 46.3 Å². The van der Waals surface area contributed by atoms with Gasteiger partial charge in [0.15, 0.2) is 6.61 Å². The monoisotopic (exact) mass is 385 g/mol. The molecular weight excluding hydrogens is 358 g/mol. The number of aromatic nitrogens is 1. The molecule has 6 nitrogen and oxygen atoms in total. The Balaban J connectivity index is 1.65. The Kier molecular flexibility index (Phi) is 6.19. The molecule has 2 heterocycles. The van der Waals surface area contributed by atoms with Gasteiger partial charge in [-0.2, -0.15) is 0 Å². The normalized spacial score (nSPS) is 16.2. The van der Waals surface area contributed by atoms with Gasteiger partial charge in [-0.15, -0.1) is 0 Å². The molecule has 0 N–H and O–H groups in total. The van der Waals surface area contributed by atoms with Gasteiger partial charge in [-0.25, -0.2) is 4.79 Å². The molecule has 0 radical (unpaired) electrons. The summed E-state index contributed by atoms with van der Waals surface area (Å²) in [6.07, 6.45) is 2.31. The summed E-state index contributed by atoms with van der Waals surface area (Å²) in [5, 5.41) is 0. The smallest absolute Gasteiger partial charge is 0.338 e. The zero-order valence-electron chi connectivity index (χ0n) is 16.9. The van der Waals surface area contributed by atoms with E-state index in [9.17, 15) is 9.59 Å². The first-order valence-electron chi connectivity index (χ1n) is 9.54. The van der Waals surface area contributed by atoms with Crippen LogP contribution in [0, 0.1) is 20.8 Å². The average molecular weight is 385 g/mol. The summed E-state index contributed by atoms with van der Waals surface area (Å²) in [4.78, 5) is 24.9. The predicted octanol–water partition coefficient (Wildman–Crippen LogP) is 3.64. The van der Waals surface area contributed by atoms with Crippen LogP contribution in [0.3, 0.4) is 0 Å². The maximum Gasteiger partial charge on any atom is 0.338 e. The quantitative estimate of drug-likeness (QED) is 0.538. The van der Waals surface area contributed by atoms with Gasteiger partial charge < -0.3 is 18.8 Å². The second-order valence-corrected chi connectivity index (χ2v) is 7.21. The van der Waals surface area contributed by atoms with E-state index in [1.165, 1.54) is 0 Å². The molecule has 2 aromatic rings. The maximum atomic E-state index is 12.6. The van der Waals surface area contributed by atoms with Crippen LogP contribution in [-0.2, 0) is 16.0 Å². The average Bonchev–Trinajstić information content (AvgIpc) is 3.30. The standard InChI is InChI=1S/C22H27NO5/c1-14-7-8-17(11-21(14)26-4)22(25)28-13-20(24)19-10-15(2)23(16(19)3)12-18-6-5-9-27-18/h7-8,10-11,18H,5-6,9,12-13H2,1-4H3/t18-/m1/s1. The van der Waals surface area contributed by atoms with Crippen molar-refractivity contribution in [3.63, 3.8) is 0 Å². The number of esters is 1. The highest BCUT2D eigenvalue weighted by Gasteiger charge is 2.22. The van der Waals surface area contributed by atoms with Gasteiger partial charge in [-0.05, 0) is 57.4 Å². The fourth-order valence-electron chi connectivity index (χ4n) is 3.60. The number of nitrogens with zero attached hydrogens (tertiary/aromatic N) is 1. The highest BCUT2D eigenvalue weighted by atomic mass is 16.5. The van der Waals surface area contributed by atoms with Crippen LogP contribution in [-0.4, -0.2) is 42.7 Å². The summed E-state index contributed by atoms with van der Waals surface area (Å²) in [5.41, 5.74) is 3.76. The molecule has 1 aliphatic heterocycles. The van der Waals surface area contributed by atoms with E-state index >= 15 is 0 Å². The van der Waals surface area contributed by atoms with Crippen molar-refractivity contribution >= 4 is 11.8 Å². The number of aryl methyl sites for hydroxylation is 2. The Bertz CT molecular complexity index is 877. The van der Waals surface area contributed by atoms with Crippen LogP contribution in [0.2, 0.25) is 0 Å². The molecule has 6 heteroatoms. The van der Waals surface area contributed by atoms with Gasteiger partial charge in [0, 0.05) is 30.1 Å². The minimum absolute atomic E-state index is 0.196. The predicted molar refractivity (Wildman–Crippen MR) is 105 cm³/mol. The molecule has 1 atom stereocenters. The lowest BCUT2D eigenvalue weighted by molar-refractivity contribution is 0.0474. The third kappa shape index (κ3) is 4.28. The number of Topliss-reactive ketones (excluding diaryl/α,β-unsaturated/α-hetero) is 1. The zero-order chi connectivity index (χ0) is 20.3. The molecule has 0 amide bonds. The number of benzene rings is 1. The van der Waals surface area contributed by atoms with Crippen LogP contribution in [0.4, 0.5) is 0 Å². The van der Waals surface area contributed by atoms with E-state index in [-0.39, 0.29) is 18.5 Å². The van der Waals surface area contributed by atoms with Crippen LogP contribution >= 0.6 is 0 Å². The van der Waals surface area contributed by atoms with Crippen LogP contribution in [0.1, 0.15) is 50.5 Å². The first-order chi connectivity index (χ1) is 13.4. The second-order valence-electron chi connectivity index (χ2n) is 7.21. The van der Waals surface area contributed by atoms with E-state index in [0.29, 0.717) is 16.9 Å². The summed E-state index contributed by atoms with van der Waals surface area (Å²) >= 11 is 0. The van der Waals surface area contributed by atoms with Gasteiger partial charge in [0.05, 0.1) is 18.8 Å². The number of ketones is 1. The molecule has 0 bridgehead atoms. The third-order valence-corrected chi connectivity index (χ3v) is 5.26. The summed E-state index contributed by atoms with van der Waals surface area (Å²) in [7, 11) is 1.55. The largest absolute Gasteiger partial charge is 0.496 e. The molecule has 0 unspecified atom stereocenters. The Labute approximate surface area is 165 Å². The minimum Gasteiger partial charge on any atom is -0.496 e. The maximum absolute atomic E-state index is 12.6. The lowest BCUT2D eigenvalue weighted by atomic mass is 10.1. The lowest BCUT2D eigenvalue weighted by Gasteiger charge is -2.14. The van der Waals surface area contributed by atoms with E-state index in [2.05, 4.69) is 4.57 Å². The highest BCUT2D eigenvalue weighted by molar-refractivity contribution is 6.00. The number of carbonyl (C=O) groups is 2. The van der Waals surface area contributed by atoms with Gasteiger partial charge in [0.25, 0.3) is 0 Å². The lowest BCUT2D eigenvalue weighted by Crippen LogP contribution is -2.18. The molecule has 0 aliphatic carbocycles. The van der Waals surface area contributed by atoms with Crippen molar-refractivity contribution in [3.8, 4) is 5.75 Å². The van der Waals surface area contributed by atoms with Crippen LogP contribution in [0.15, 0.2) is 24.3 Å². The van der Waals surface area contributed by atoms with Crippen LogP contribution in [0.25, 0.3) is 0 Å². The second kappa shape index (κ2) is 8.61. The van der Waals surface area contributed by atoms with E-state index in [1.54, 1.807) is 25.3 Å². The number of carbonyl (C=O) groups excluding carboxylic acids is 2. The fraction of sp³-hybridized carbons (Fsp3) is 0.455. The summed E-state index contributed by atoms with van der Waals surface area (Å²) in [5.74, 6) is -0.141. The summed E-state index contributed by atoms with van der Waals surface area (Å²) < 4.78 is 18.3. The molecule has 1 aliphatic rings. The molecule has 28 heavy (non-hydrogen) atoms. The Morgan fingerprint density at radius 3 is 2.68 bits per heavy atom. The molecule has 1 saturated heterocycles. The summed E-state index contributed by atoms with van der Waals surface area (Å²) in [6.45, 7) is 7.04. The molecule has 3 rings (SSSR count). The van der Waals surface area contributed by atoms with Gasteiger partial charge in [0.2, 0.25) is 5.78 Å².